The average molecular weight is 412 g/mol. The van der Waals surface area contributed by atoms with E-state index in [0.29, 0.717) is 17.9 Å². The van der Waals surface area contributed by atoms with Gasteiger partial charge in [0.15, 0.2) is 0 Å². The van der Waals surface area contributed by atoms with E-state index >= 15 is 0 Å². The maximum atomic E-state index is 13.3. The SMILES string of the molecule is O=C(NC1CCCCC1)c1cccc2c1NC(c1c[nH]c3ccccc13)C1CC=CC21. The number of carbonyl (C=O) groups is 1. The smallest absolute Gasteiger partial charge is 0.253 e. The number of amides is 1. The zero-order valence-electron chi connectivity index (χ0n) is 17.7. The number of fused-ring (bicyclic) bond motifs is 4. The van der Waals surface area contributed by atoms with Crippen LogP contribution in [0.25, 0.3) is 10.9 Å². The van der Waals surface area contributed by atoms with Crippen molar-refractivity contribution in [3.05, 3.63) is 77.5 Å². The van der Waals surface area contributed by atoms with Crippen LogP contribution in [0.4, 0.5) is 5.69 Å². The van der Waals surface area contributed by atoms with E-state index in [1.165, 1.54) is 35.8 Å². The number of nitrogens with one attached hydrogen (secondary N) is 3. The molecule has 3 aliphatic rings. The van der Waals surface area contributed by atoms with Crippen molar-refractivity contribution in [1.29, 1.82) is 0 Å². The van der Waals surface area contributed by atoms with Crippen molar-refractivity contribution in [2.24, 2.45) is 5.92 Å². The number of H-pyrrole nitrogens is 1. The summed E-state index contributed by atoms with van der Waals surface area (Å²) in [4.78, 5) is 16.7. The molecule has 4 heteroatoms. The molecule has 2 aromatic carbocycles. The molecular formula is C27H29N3O. The minimum absolute atomic E-state index is 0.0642. The fourth-order valence-corrected chi connectivity index (χ4v) is 5.98. The Morgan fingerprint density at radius 3 is 2.74 bits per heavy atom. The predicted octanol–water partition coefficient (Wildman–Crippen LogP) is 6.06. The maximum Gasteiger partial charge on any atom is 0.253 e. The lowest BCUT2D eigenvalue weighted by molar-refractivity contribution is 0.0928. The van der Waals surface area contributed by atoms with Crippen LogP contribution in [-0.2, 0) is 0 Å². The number of rotatable bonds is 3. The van der Waals surface area contributed by atoms with E-state index < -0.39 is 0 Å². The molecule has 31 heavy (non-hydrogen) atoms. The van der Waals surface area contributed by atoms with Gasteiger partial charge in [-0.3, -0.25) is 4.79 Å². The summed E-state index contributed by atoms with van der Waals surface area (Å²) in [6.07, 6.45) is 13.8. The molecule has 158 valence electrons. The first-order valence-corrected chi connectivity index (χ1v) is 11.7. The molecule has 0 spiro atoms. The van der Waals surface area contributed by atoms with Gasteiger partial charge < -0.3 is 15.6 Å². The van der Waals surface area contributed by atoms with Gasteiger partial charge in [-0.1, -0.05) is 61.7 Å². The Balaban J connectivity index is 1.39. The molecule has 1 saturated carbocycles. The monoisotopic (exact) mass is 411 g/mol. The van der Waals surface area contributed by atoms with Crippen LogP contribution in [0.3, 0.4) is 0 Å². The van der Waals surface area contributed by atoms with Crippen molar-refractivity contribution < 1.29 is 4.79 Å². The van der Waals surface area contributed by atoms with Gasteiger partial charge in [-0.15, -0.1) is 0 Å². The van der Waals surface area contributed by atoms with Crippen molar-refractivity contribution in [3.63, 3.8) is 0 Å². The highest BCUT2D eigenvalue weighted by atomic mass is 16.1. The zero-order valence-corrected chi connectivity index (χ0v) is 17.7. The van der Waals surface area contributed by atoms with Crippen molar-refractivity contribution in [3.8, 4) is 0 Å². The van der Waals surface area contributed by atoms with Gasteiger partial charge in [0.25, 0.3) is 5.91 Å². The molecule has 3 atom stereocenters. The van der Waals surface area contributed by atoms with Crippen LogP contribution in [0.15, 0.2) is 60.8 Å². The van der Waals surface area contributed by atoms with Gasteiger partial charge in [-0.25, -0.2) is 0 Å². The first kappa shape index (κ1) is 18.7. The Kier molecular flexibility index (Phi) is 4.59. The van der Waals surface area contributed by atoms with E-state index in [-0.39, 0.29) is 11.9 Å². The number of hydrogen-bond acceptors (Lipinski definition) is 2. The summed E-state index contributed by atoms with van der Waals surface area (Å²) in [5.41, 5.74) is 5.51. The summed E-state index contributed by atoms with van der Waals surface area (Å²) in [7, 11) is 0. The number of aromatic amines is 1. The number of allylic oxidation sites excluding steroid dienone is 2. The second-order valence-corrected chi connectivity index (χ2v) is 9.34. The quantitative estimate of drug-likeness (QED) is 0.459. The molecule has 3 unspecified atom stereocenters. The summed E-state index contributed by atoms with van der Waals surface area (Å²) in [6.45, 7) is 0. The number of benzene rings is 2. The molecule has 2 heterocycles. The molecule has 2 aliphatic carbocycles. The topological polar surface area (TPSA) is 56.9 Å². The van der Waals surface area contributed by atoms with Crippen LogP contribution in [0.5, 0.6) is 0 Å². The fraction of sp³-hybridized carbons (Fsp3) is 0.370. The zero-order chi connectivity index (χ0) is 20.8. The van der Waals surface area contributed by atoms with Crippen LogP contribution in [0.2, 0.25) is 0 Å². The van der Waals surface area contributed by atoms with Gasteiger partial charge in [0, 0.05) is 29.1 Å². The second-order valence-electron chi connectivity index (χ2n) is 9.34. The Bertz CT molecular complexity index is 1150. The van der Waals surface area contributed by atoms with Gasteiger partial charge >= 0.3 is 0 Å². The third kappa shape index (κ3) is 3.16. The summed E-state index contributed by atoms with van der Waals surface area (Å²) < 4.78 is 0. The molecule has 6 rings (SSSR count). The first-order valence-electron chi connectivity index (χ1n) is 11.7. The molecule has 1 fully saturated rings. The lowest BCUT2D eigenvalue weighted by Crippen LogP contribution is -2.37. The largest absolute Gasteiger partial charge is 0.377 e. The van der Waals surface area contributed by atoms with E-state index in [0.717, 1.165) is 36.0 Å². The van der Waals surface area contributed by atoms with E-state index in [9.17, 15) is 4.79 Å². The minimum atomic E-state index is 0.0642. The van der Waals surface area contributed by atoms with E-state index in [1.807, 2.05) is 12.1 Å². The molecule has 1 amide bonds. The Labute approximate surface area is 183 Å². The molecule has 1 aliphatic heterocycles. The summed E-state index contributed by atoms with van der Waals surface area (Å²) >= 11 is 0. The minimum Gasteiger partial charge on any atom is -0.377 e. The molecule has 3 aromatic rings. The third-order valence-electron chi connectivity index (χ3n) is 7.54. The standard InChI is InChI=1S/C27H29N3O/c31-27(29-17-8-2-1-3-9-17)22-14-7-13-20-18-11-6-12-21(18)26(30-25(20)22)23-16-28-24-15-5-4-10-19(23)24/h4-7,10-11,13-18,21,26,28,30H,1-3,8-9,12H2,(H,29,31). The molecule has 4 nitrogen and oxygen atoms in total. The molecule has 1 aromatic heterocycles. The number of hydrogen-bond donors (Lipinski definition) is 3. The maximum absolute atomic E-state index is 13.3. The third-order valence-corrected chi connectivity index (χ3v) is 7.54. The predicted molar refractivity (Wildman–Crippen MR) is 125 cm³/mol. The molecule has 3 N–H and O–H groups in total. The lowest BCUT2D eigenvalue weighted by Gasteiger charge is -2.38. The van der Waals surface area contributed by atoms with Gasteiger partial charge in [0.2, 0.25) is 0 Å². The second kappa shape index (κ2) is 7.60. The van der Waals surface area contributed by atoms with Gasteiger partial charge in [0.1, 0.15) is 0 Å². The Morgan fingerprint density at radius 1 is 0.968 bits per heavy atom. The Hall–Kier alpha value is -3.01. The summed E-state index contributed by atoms with van der Waals surface area (Å²) in [5.74, 6) is 0.870. The highest BCUT2D eigenvalue weighted by Gasteiger charge is 2.40. The van der Waals surface area contributed by atoms with E-state index in [4.69, 9.17) is 0 Å². The van der Waals surface area contributed by atoms with Crippen LogP contribution in [0, 0.1) is 5.92 Å². The number of aromatic nitrogens is 1. The van der Waals surface area contributed by atoms with Crippen molar-refractivity contribution in [2.75, 3.05) is 5.32 Å². The fourth-order valence-electron chi connectivity index (χ4n) is 5.98. The lowest BCUT2D eigenvalue weighted by atomic mass is 9.76. The van der Waals surface area contributed by atoms with Crippen LogP contribution < -0.4 is 10.6 Å². The number of carbonyl (C=O) groups excluding carboxylic acids is 1. The average Bonchev–Trinajstić information content (AvgIpc) is 3.46. The van der Waals surface area contributed by atoms with Crippen LogP contribution >= 0.6 is 0 Å². The van der Waals surface area contributed by atoms with Crippen molar-refractivity contribution in [1.82, 2.24) is 10.3 Å². The van der Waals surface area contributed by atoms with Gasteiger partial charge in [0.05, 0.1) is 17.3 Å². The Morgan fingerprint density at radius 2 is 1.84 bits per heavy atom. The number of anilines is 1. The normalized spacial score (nSPS) is 25.1. The highest BCUT2D eigenvalue weighted by molar-refractivity contribution is 6.01. The molecule has 0 radical (unpaired) electrons. The van der Waals surface area contributed by atoms with E-state index in [1.54, 1.807) is 0 Å². The molecule has 0 bridgehead atoms. The number of para-hydroxylation sites is 2. The van der Waals surface area contributed by atoms with Crippen molar-refractivity contribution in [2.45, 2.75) is 56.5 Å². The van der Waals surface area contributed by atoms with Crippen LogP contribution in [-0.4, -0.2) is 16.9 Å². The molecular weight excluding hydrogens is 382 g/mol. The van der Waals surface area contributed by atoms with Gasteiger partial charge in [-0.05, 0) is 48.4 Å². The van der Waals surface area contributed by atoms with Crippen LogP contribution in [0.1, 0.15) is 72.0 Å². The summed E-state index contributed by atoms with van der Waals surface area (Å²) in [5, 5.41) is 8.41. The first-order chi connectivity index (χ1) is 15.3. The summed E-state index contributed by atoms with van der Waals surface area (Å²) in [6, 6.07) is 15.2. The van der Waals surface area contributed by atoms with Gasteiger partial charge in [-0.2, -0.15) is 0 Å². The van der Waals surface area contributed by atoms with Crippen molar-refractivity contribution >= 4 is 22.5 Å². The highest BCUT2D eigenvalue weighted by Crippen LogP contribution is 2.51. The van der Waals surface area contributed by atoms with E-state index in [2.05, 4.69) is 64.3 Å². The molecule has 0 saturated heterocycles.